The molecule has 0 saturated heterocycles. The summed E-state index contributed by atoms with van der Waals surface area (Å²) in [4.78, 5) is 10.2. The zero-order valence-corrected chi connectivity index (χ0v) is 14.1. The fourth-order valence-corrected chi connectivity index (χ4v) is 2.95. The quantitative estimate of drug-likeness (QED) is 0.536. The van der Waals surface area contributed by atoms with Crippen molar-refractivity contribution in [1.82, 2.24) is 24.6 Å². The van der Waals surface area contributed by atoms with Gasteiger partial charge in [0.05, 0.1) is 29.4 Å². The van der Waals surface area contributed by atoms with Crippen molar-refractivity contribution in [3.63, 3.8) is 0 Å². The van der Waals surface area contributed by atoms with Crippen LogP contribution in [0.1, 0.15) is 12.5 Å². The molecule has 0 aliphatic rings. The first-order chi connectivity index (χ1) is 12.4. The van der Waals surface area contributed by atoms with E-state index in [1.54, 1.807) is 22.8 Å². The highest BCUT2D eigenvalue weighted by atomic mass is 35.5. The Kier molecular flexibility index (Phi) is 3.76. The molecule has 0 bridgehead atoms. The number of ether oxygens (including phenoxy) is 1. The molecule has 4 aromatic heterocycles. The van der Waals surface area contributed by atoms with Gasteiger partial charge in [0.2, 0.25) is 5.28 Å². The van der Waals surface area contributed by atoms with Crippen molar-refractivity contribution in [2.75, 3.05) is 6.61 Å². The lowest BCUT2D eigenvalue weighted by atomic mass is 10.1. The summed E-state index contributed by atoms with van der Waals surface area (Å²) in [6, 6.07) is 3.46. The van der Waals surface area contributed by atoms with Crippen LogP contribution in [0.4, 0.5) is 13.2 Å². The molecule has 0 fully saturated rings. The summed E-state index contributed by atoms with van der Waals surface area (Å²) in [7, 11) is 0. The SMILES string of the molecule is CCOc1ccc2c3c(-c4nc(Cl)ncc4C(F)(F)F)c[nH]c3nn2c1. The van der Waals surface area contributed by atoms with Crippen LogP contribution in [-0.4, -0.2) is 31.2 Å². The van der Waals surface area contributed by atoms with Crippen molar-refractivity contribution >= 4 is 28.2 Å². The maximum atomic E-state index is 13.4. The Morgan fingerprint density at radius 3 is 2.85 bits per heavy atom. The fourth-order valence-electron chi connectivity index (χ4n) is 2.82. The topological polar surface area (TPSA) is 68.1 Å². The molecule has 26 heavy (non-hydrogen) atoms. The second-order valence-corrected chi connectivity index (χ2v) is 5.79. The van der Waals surface area contributed by atoms with E-state index in [2.05, 4.69) is 20.1 Å². The molecule has 1 N–H and O–H groups in total. The Morgan fingerprint density at radius 2 is 2.12 bits per heavy atom. The van der Waals surface area contributed by atoms with Gasteiger partial charge in [0.25, 0.3) is 0 Å². The fraction of sp³-hybridized carbons (Fsp3) is 0.188. The second kappa shape index (κ2) is 5.87. The molecule has 0 aliphatic carbocycles. The third-order valence-corrected chi connectivity index (χ3v) is 4.04. The Morgan fingerprint density at radius 1 is 1.31 bits per heavy atom. The Hall–Kier alpha value is -2.81. The largest absolute Gasteiger partial charge is 0.492 e. The van der Waals surface area contributed by atoms with Gasteiger partial charge in [-0.15, -0.1) is 5.10 Å². The lowest BCUT2D eigenvalue weighted by molar-refractivity contribution is -0.137. The van der Waals surface area contributed by atoms with Crippen molar-refractivity contribution in [1.29, 1.82) is 0 Å². The first-order valence-electron chi connectivity index (χ1n) is 7.61. The molecular weight excluding hydrogens is 371 g/mol. The maximum absolute atomic E-state index is 13.4. The number of aromatic amines is 1. The summed E-state index contributed by atoms with van der Waals surface area (Å²) < 4.78 is 47.1. The summed E-state index contributed by atoms with van der Waals surface area (Å²) in [5.41, 5.74) is 0.0236. The van der Waals surface area contributed by atoms with Crippen LogP contribution in [0.25, 0.3) is 27.8 Å². The summed E-state index contributed by atoms with van der Waals surface area (Å²) in [5.74, 6) is 0.604. The predicted molar refractivity (Wildman–Crippen MR) is 89.3 cm³/mol. The van der Waals surface area contributed by atoms with Crippen molar-refractivity contribution in [3.8, 4) is 17.0 Å². The van der Waals surface area contributed by atoms with Gasteiger partial charge in [0, 0.05) is 18.0 Å². The molecule has 4 rings (SSSR count). The molecule has 4 aromatic rings. The number of hydrogen-bond donors (Lipinski definition) is 1. The van der Waals surface area contributed by atoms with Gasteiger partial charge >= 0.3 is 6.18 Å². The van der Waals surface area contributed by atoms with Crippen LogP contribution in [0.2, 0.25) is 5.28 Å². The highest BCUT2D eigenvalue weighted by molar-refractivity contribution is 6.28. The maximum Gasteiger partial charge on any atom is 0.419 e. The molecule has 0 spiro atoms. The molecule has 0 aromatic carbocycles. The van der Waals surface area contributed by atoms with E-state index in [-0.39, 0.29) is 16.5 Å². The number of H-pyrrole nitrogens is 1. The van der Waals surface area contributed by atoms with Crippen molar-refractivity contribution in [2.24, 2.45) is 0 Å². The first kappa shape index (κ1) is 16.6. The molecule has 6 nitrogen and oxygen atoms in total. The lowest BCUT2D eigenvalue weighted by Gasteiger charge is -2.11. The van der Waals surface area contributed by atoms with E-state index in [0.717, 1.165) is 0 Å². The second-order valence-electron chi connectivity index (χ2n) is 5.45. The van der Waals surface area contributed by atoms with Gasteiger partial charge in [-0.3, -0.25) is 0 Å². The van der Waals surface area contributed by atoms with E-state index < -0.39 is 11.7 Å². The number of nitrogens with one attached hydrogen (secondary N) is 1. The predicted octanol–water partition coefficient (Wildman–Crippen LogP) is 4.34. The molecule has 0 radical (unpaired) electrons. The molecule has 0 amide bonds. The number of alkyl halides is 3. The summed E-state index contributed by atoms with van der Waals surface area (Å²) in [6.07, 6.45) is -0.840. The minimum atomic E-state index is -4.62. The number of nitrogens with zero attached hydrogens (tertiary/aromatic N) is 4. The summed E-state index contributed by atoms with van der Waals surface area (Å²) in [5, 5.41) is 4.58. The van der Waals surface area contributed by atoms with Crippen LogP contribution in [0.3, 0.4) is 0 Å². The van der Waals surface area contributed by atoms with E-state index in [0.29, 0.717) is 35.1 Å². The van der Waals surface area contributed by atoms with Crippen LogP contribution in [0.15, 0.2) is 30.7 Å². The van der Waals surface area contributed by atoms with Crippen molar-refractivity contribution < 1.29 is 17.9 Å². The normalized spacial score (nSPS) is 12.2. The minimum Gasteiger partial charge on any atom is -0.492 e. The van der Waals surface area contributed by atoms with Gasteiger partial charge in [-0.25, -0.2) is 14.5 Å². The van der Waals surface area contributed by atoms with Crippen molar-refractivity contribution in [3.05, 3.63) is 41.6 Å². The van der Waals surface area contributed by atoms with Gasteiger partial charge < -0.3 is 9.72 Å². The van der Waals surface area contributed by atoms with Gasteiger partial charge in [-0.2, -0.15) is 13.2 Å². The number of aromatic nitrogens is 5. The van der Waals surface area contributed by atoms with Crippen LogP contribution in [-0.2, 0) is 6.18 Å². The highest BCUT2D eigenvalue weighted by Gasteiger charge is 2.36. The number of halogens is 4. The number of pyridine rings is 1. The van der Waals surface area contributed by atoms with E-state index in [1.165, 1.54) is 6.20 Å². The third-order valence-electron chi connectivity index (χ3n) is 3.86. The molecule has 0 unspecified atom stereocenters. The van der Waals surface area contributed by atoms with E-state index in [1.807, 2.05) is 6.92 Å². The van der Waals surface area contributed by atoms with E-state index >= 15 is 0 Å². The van der Waals surface area contributed by atoms with Gasteiger partial charge in [0.15, 0.2) is 5.65 Å². The zero-order chi connectivity index (χ0) is 18.5. The minimum absolute atomic E-state index is 0.246. The Bertz CT molecular complexity index is 1120. The van der Waals surface area contributed by atoms with Crippen molar-refractivity contribution in [2.45, 2.75) is 13.1 Å². The zero-order valence-electron chi connectivity index (χ0n) is 13.3. The van der Waals surface area contributed by atoms with Gasteiger partial charge in [0.1, 0.15) is 11.3 Å². The average Bonchev–Trinajstić information content (AvgIpc) is 3.12. The lowest BCUT2D eigenvalue weighted by Crippen LogP contribution is -2.09. The average molecular weight is 382 g/mol. The molecular formula is C16H11ClF3N5O. The number of hydrogen-bond acceptors (Lipinski definition) is 4. The molecule has 134 valence electrons. The van der Waals surface area contributed by atoms with Crippen LogP contribution < -0.4 is 4.74 Å². The molecule has 0 atom stereocenters. The smallest absolute Gasteiger partial charge is 0.419 e. The molecule has 0 aliphatic heterocycles. The summed E-state index contributed by atoms with van der Waals surface area (Å²) >= 11 is 5.75. The molecule has 4 heterocycles. The Labute approximate surface area is 149 Å². The van der Waals surface area contributed by atoms with Crippen LogP contribution in [0, 0.1) is 0 Å². The van der Waals surface area contributed by atoms with Gasteiger partial charge in [-0.1, -0.05) is 0 Å². The molecule has 0 saturated carbocycles. The third kappa shape index (κ3) is 2.64. The standard InChI is InChI=1S/C16H11ClF3N5O/c1-2-26-8-3-4-11-12-9(5-21-14(12)24-25(11)7-8)13-10(16(18,19)20)6-22-15(17)23-13/h3-7H,2H2,1H3,(H,21,24). The monoisotopic (exact) mass is 381 g/mol. The number of rotatable bonds is 3. The summed E-state index contributed by atoms with van der Waals surface area (Å²) in [6.45, 7) is 2.34. The first-order valence-corrected chi connectivity index (χ1v) is 7.98. The van der Waals surface area contributed by atoms with Crippen LogP contribution >= 0.6 is 11.6 Å². The van der Waals surface area contributed by atoms with E-state index in [4.69, 9.17) is 16.3 Å². The number of fused-ring (bicyclic) bond motifs is 3. The Balaban J connectivity index is 1.99. The van der Waals surface area contributed by atoms with Gasteiger partial charge in [-0.05, 0) is 30.7 Å². The molecule has 10 heteroatoms. The van der Waals surface area contributed by atoms with E-state index in [9.17, 15) is 13.2 Å². The van der Waals surface area contributed by atoms with Crippen LogP contribution in [0.5, 0.6) is 5.75 Å². The highest BCUT2D eigenvalue weighted by Crippen LogP contribution is 2.39.